The van der Waals surface area contributed by atoms with Gasteiger partial charge in [0.25, 0.3) is 0 Å². The Kier molecular flexibility index (Phi) is 25.0. The monoisotopic (exact) mass is 318 g/mol. The molecule has 0 heterocycles. The standard InChI is InChI=1S/2C5H8O2.2C3H9N/c2*1-3-4(2)5(6)7;2*1-4(2)3/h3H,1-2H3,(H,6,7);2-3H2,1H3,(H,6,7);2*1-3H3. The number of allylic oxidation sites excluding steroid dienone is 1. The van der Waals surface area contributed by atoms with Crippen LogP contribution in [0.1, 0.15) is 27.2 Å². The molecule has 0 aliphatic heterocycles. The summed E-state index contributed by atoms with van der Waals surface area (Å²) >= 11 is 0. The number of hydrogen-bond acceptors (Lipinski definition) is 4. The highest BCUT2D eigenvalue weighted by molar-refractivity contribution is 5.85. The van der Waals surface area contributed by atoms with Gasteiger partial charge < -0.3 is 20.0 Å². The quantitative estimate of drug-likeness (QED) is 0.778. The van der Waals surface area contributed by atoms with Gasteiger partial charge in [0.2, 0.25) is 0 Å². The molecule has 132 valence electrons. The van der Waals surface area contributed by atoms with E-state index in [1.807, 2.05) is 52.1 Å². The zero-order chi connectivity index (χ0) is 18.9. The van der Waals surface area contributed by atoms with Gasteiger partial charge in [0.05, 0.1) is 0 Å². The minimum Gasteiger partial charge on any atom is -0.478 e. The number of nitrogens with zero attached hydrogens (tertiary/aromatic N) is 2. The predicted octanol–water partition coefficient (Wildman–Crippen LogP) is 2.43. The summed E-state index contributed by atoms with van der Waals surface area (Å²) in [5.41, 5.74) is 0.653. The van der Waals surface area contributed by atoms with Crippen molar-refractivity contribution in [1.82, 2.24) is 9.80 Å². The molecule has 2 N–H and O–H groups in total. The maximum Gasteiger partial charge on any atom is 0.330 e. The van der Waals surface area contributed by atoms with E-state index in [1.54, 1.807) is 26.8 Å². The molecule has 0 rings (SSSR count). The Hall–Kier alpha value is -1.66. The number of carbonyl (C=O) groups is 2. The van der Waals surface area contributed by atoms with E-state index in [0.717, 1.165) is 0 Å². The van der Waals surface area contributed by atoms with Crippen molar-refractivity contribution in [2.24, 2.45) is 0 Å². The van der Waals surface area contributed by atoms with E-state index in [-0.39, 0.29) is 5.57 Å². The Bertz CT molecular complexity index is 324. The van der Waals surface area contributed by atoms with E-state index in [0.29, 0.717) is 12.0 Å². The number of hydrogen-bond donors (Lipinski definition) is 2. The van der Waals surface area contributed by atoms with Gasteiger partial charge in [0.15, 0.2) is 0 Å². The smallest absolute Gasteiger partial charge is 0.330 e. The molecule has 0 atom stereocenters. The molecule has 6 heteroatoms. The van der Waals surface area contributed by atoms with Crippen LogP contribution in [0.2, 0.25) is 0 Å². The summed E-state index contributed by atoms with van der Waals surface area (Å²) in [6.45, 7) is 8.29. The maximum atomic E-state index is 9.86. The number of carboxylic acids is 2. The van der Waals surface area contributed by atoms with Crippen LogP contribution in [-0.2, 0) is 9.59 Å². The average molecular weight is 318 g/mol. The van der Waals surface area contributed by atoms with E-state index in [9.17, 15) is 9.59 Å². The van der Waals surface area contributed by atoms with Crippen molar-refractivity contribution >= 4 is 11.9 Å². The van der Waals surface area contributed by atoms with Gasteiger partial charge in [-0.25, -0.2) is 9.59 Å². The first-order valence-corrected chi connectivity index (χ1v) is 6.82. The van der Waals surface area contributed by atoms with Gasteiger partial charge in [-0.3, -0.25) is 0 Å². The van der Waals surface area contributed by atoms with E-state index >= 15 is 0 Å². The second-order valence-electron chi connectivity index (χ2n) is 5.22. The third-order valence-electron chi connectivity index (χ3n) is 1.50. The molecule has 0 aliphatic rings. The highest BCUT2D eigenvalue weighted by Crippen LogP contribution is 1.93. The zero-order valence-corrected chi connectivity index (χ0v) is 15.6. The third-order valence-corrected chi connectivity index (χ3v) is 1.50. The van der Waals surface area contributed by atoms with Crippen LogP contribution in [0.25, 0.3) is 0 Å². The number of rotatable bonds is 3. The molecule has 0 spiro atoms. The molecule has 0 aromatic heterocycles. The molecule has 0 saturated carbocycles. The van der Waals surface area contributed by atoms with E-state index < -0.39 is 11.9 Å². The summed E-state index contributed by atoms with van der Waals surface area (Å²) in [7, 11) is 12.0. The first-order valence-electron chi connectivity index (χ1n) is 6.82. The molecule has 6 nitrogen and oxygen atoms in total. The Balaban J connectivity index is -0.000000102. The highest BCUT2D eigenvalue weighted by Gasteiger charge is 1.96. The molecule has 0 radical (unpaired) electrons. The minimum absolute atomic E-state index is 0.264. The second-order valence-corrected chi connectivity index (χ2v) is 5.22. The summed E-state index contributed by atoms with van der Waals surface area (Å²) in [6.07, 6.45) is 2.08. The molecule has 0 aromatic rings. The fraction of sp³-hybridized carbons (Fsp3) is 0.625. The van der Waals surface area contributed by atoms with Crippen molar-refractivity contribution < 1.29 is 19.8 Å². The molecular formula is C16H34N2O4. The molecule has 0 fully saturated rings. The third kappa shape index (κ3) is 51.6. The fourth-order valence-electron chi connectivity index (χ4n) is 0.275. The summed E-state index contributed by atoms with van der Waals surface area (Å²) in [5.74, 6) is -1.75. The van der Waals surface area contributed by atoms with Gasteiger partial charge in [-0.2, -0.15) is 0 Å². The SMILES string of the molecule is C=C(CC)C(=O)O.CC=C(C)C(=O)O.CN(C)C.CN(C)C. The summed E-state index contributed by atoms with van der Waals surface area (Å²) in [4.78, 5) is 23.7. The van der Waals surface area contributed by atoms with Gasteiger partial charge in [0.1, 0.15) is 0 Å². The molecule has 0 aliphatic carbocycles. The summed E-state index contributed by atoms with van der Waals surface area (Å²) in [5, 5.41) is 16.2. The van der Waals surface area contributed by atoms with Crippen molar-refractivity contribution in [1.29, 1.82) is 0 Å². The number of aliphatic carboxylic acids is 2. The van der Waals surface area contributed by atoms with Crippen molar-refractivity contribution in [3.63, 3.8) is 0 Å². The Morgan fingerprint density at radius 3 is 1.23 bits per heavy atom. The maximum absolute atomic E-state index is 9.86. The molecule has 0 unspecified atom stereocenters. The Labute approximate surface area is 135 Å². The van der Waals surface area contributed by atoms with Crippen LogP contribution in [-0.4, -0.2) is 74.2 Å². The van der Waals surface area contributed by atoms with Crippen LogP contribution >= 0.6 is 0 Å². The van der Waals surface area contributed by atoms with Gasteiger partial charge in [-0.15, -0.1) is 0 Å². The summed E-state index contributed by atoms with van der Waals surface area (Å²) < 4.78 is 0. The van der Waals surface area contributed by atoms with Crippen LogP contribution in [0.15, 0.2) is 23.8 Å². The topological polar surface area (TPSA) is 81.1 Å². The molecule has 0 bridgehead atoms. The van der Waals surface area contributed by atoms with Gasteiger partial charge in [-0.05, 0) is 62.6 Å². The largest absolute Gasteiger partial charge is 0.478 e. The minimum atomic E-state index is -0.900. The lowest BCUT2D eigenvalue weighted by Crippen LogP contribution is -1.99. The Morgan fingerprint density at radius 2 is 1.23 bits per heavy atom. The Morgan fingerprint density at radius 1 is 0.955 bits per heavy atom. The van der Waals surface area contributed by atoms with Gasteiger partial charge in [0, 0.05) is 11.1 Å². The predicted molar refractivity (Wildman–Crippen MR) is 93.4 cm³/mol. The molecule has 0 amide bonds. The van der Waals surface area contributed by atoms with Crippen LogP contribution in [0.3, 0.4) is 0 Å². The first kappa shape index (κ1) is 28.5. The van der Waals surface area contributed by atoms with Crippen molar-refractivity contribution in [2.75, 3.05) is 42.3 Å². The van der Waals surface area contributed by atoms with E-state index in [1.165, 1.54) is 0 Å². The molecule has 0 saturated heterocycles. The van der Waals surface area contributed by atoms with E-state index in [4.69, 9.17) is 10.2 Å². The number of carboxylic acid groups (broad SMARTS) is 2. The molecule has 0 aromatic carbocycles. The van der Waals surface area contributed by atoms with Crippen LogP contribution < -0.4 is 0 Å². The van der Waals surface area contributed by atoms with E-state index in [2.05, 4.69) is 6.58 Å². The first-order chi connectivity index (χ1) is 9.83. The van der Waals surface area contributed by atoms with Crippen LogP contribution in [0.4, 0.5) is 0 Å². The zero-order valence-electron chi connectivity index (χ0n) is 15.6. The second kappa shape index (κ2) is 19.3. The lowest BCUT2D eigenvalue weighted by molar-refractivity contribution is -0.133. The lowest BCUT2D eigenvalue weighted by atomic mass is 10.2. The molecule has 22 heavy (non-hydrogen) atoms. The van der Waals surface area contributed by atoms with Crippen LogP contribution in [0, 0.1) is 0 Å². The van der Waals surface area contributed by atoms with Gasteiger partial charge in [-0.1, -0.05) is 19.6 Å². The van der Waals surface area contributed by atoms with Crippen molar-refractivity contribution in [3.8, 4) is 0 Å². The molecular weight excluding hydrogens is 284 g/mol. The van der Waals surface area contributed by atoms with Crippen molar-refractivity contribution in [2.45, 2.75) is 27.2 Å². The van der Waals surface area contributed by atoms with Crippen molar-refractivity contribution in [3.05, 3.63) is 23.8 Å². The van der Waals surface area contributed by atoms with Gasteiger partial charge >= 0.3 is 11.9 Å². The normalized spacial score (nSPS) is 9.50. The lowest BCUT2D eigenvalue weighted by Gasteiger charge is -1.90. The summed E-state index contributed by atoms with van der Waals surface area (Å²) in [6, 6.07) is 0. The highest BCUT2D eigenvalue weighted by atomic mass is 16.4. The van der Waals surface area contributed by atoms with Crippen LogP contribution in [0.5, 0.6) is 0 Å². The average Bonchev–Trinajstić information content (AvgIpc) is 2.35. The fourth-order valence-corrected chi connectivity index (χ4v) is 0.275.